The lowest BCUT2D eigenvalue weighted by Gasteiger charge is -2.08. The minimum Gasteiger partial charge on any atom is -0.476 e. The summed E-state index contributed by atoms with van der Waals surface area (Å²) in [7, 11) is 0. The van der Waals surface area contributed by atoms with Crippen LogP contribution in [0, 0.1) is 0 Å². The summed E-state index contributed by atoms with van der Waals surface area (Å²) in [6.07, 6.45) is 5.90. The molecule has 1 heterocycles. The van der Waals surface area contributed by atoms with E-state index in [0.29, 0.717) is 6.54 Å². The summed E-state index contributed by atoms with van der Waals surface area (Å²) in [5, 5.41) is 13.9. The Labute approximate surface area is 105 Å². The number of anilines is 1. The highest BCUT2D eigenvalue weighted by Crippen LogP contribution is 2.11. The first kappa shape index (κ1) is 13.7. The van der Waals surface area contributed by atoms with Crippen molar-refractivity contribution in [3.63, 3.8) is 0 Å². The Balaban J connectivity index is 2.56. The number of carboxylic acid groups (broad SMARTS) is 1. The van der Waals surface area contributed by atoms with E-state index in [-0.39, 0.29) is 11.4 Å². The molecule has 6 nitrogen and oxygen atoms in total. The second kappa shape index (κ2) is 7.05. The van der Waals surface area contributed by atoms with E-state index in [1.165, 1.54) is 12.3 Å². The summed E-state index contributed by atoms with van der Waals surface area (Å²) in [4.78, 5) is 26.0. The molecule has 1 rings (SSSR count). The third-order valence-corrected chi connectivity index (χ3v) is 2.09. The van der Waals surface area contributed by atoms with Crippen LogP contribution in [0.1, 0.15) is 23.8 Å². The molecule has 2 amide bonds. The van der Waals surface area contributed by atoms with Crippen LogP contribution < -0.4 is 10.6 Å². The number of carbonyl (C=O) groups excluding carboxylic acids is 1. The van der Waals surface area contributed by atoms with E-state index in [0.717, 1.165) is 6.42 Å². The van der Waals surface area contributed by atoms with Crippen LogP contribution in [0.5, 0.6) is 0 Å². The lowest BCUT2D eigenvalue weighted by molar-refractivity contribution is 0.0692. The number of aromatic nitrogens is 1. The monoisotopic (exact) mass is 249 g/mol. The molecule has 1 aromatic rings. The van der Waals surface area contributed by atoms with Gasteiger partial charge in [0.25, 0.3) is 0 Å². The fraction of sp³-hybridized carbons (Fsp3) is 0.250. The van der Waals surface area contributed by atoms with Crippen LogP contribution in [-0.2, 0) is 0 Å². The minimum absolute atomic E-state index is 0.175. The lowest BCUT2D eigenvalue weighted by Crippen LogP contribution is -2.30. The zero-order valence-corrected chi connectivity index (χ0v) is 10.0. The van der Waals surface area contributed by atoms with Gasteiger partial charge in [-0.1, -0.05) is 12.2 Å². The SMILES string of the molecule is C/C=C/CCNC(=O)Nc1cccnc1C(=O)O. The molecule has 0 saturated heterocycles. The molecule has 0 unspecified atom stereocenters. The van der Waals surface area contributed by atoms with Crippen LogP contribution in [0.15, 0.2) is 30.5 Å². The number of amides is 2. The second-order valence-corrected chi connectivity index (χ2v) is 3.44. The number of rotatable bonds is 5. The van der Waals surface area contributed by atoms with Gasteiger partial charge >= 0.3 is 12.0 Å². The highest BCUT2D eigenvalue weighted by atomic mass is 16.4. The Morgan fingerprint density at radius 1 is 1.50 bits per heavy atom. The smallest absolute Gasteiger partial charge is 0.356 e. The molecule has 0 radical (unpaired) electrons. The van der Waals surface area contributed by atoms with Gasteiger partial charge in [0.15, 0.2) is 5.69 Å². The summed E-state index contributed by atoms with van der Waals surface area (Å²) in [6, 6.07) is 2.60. The fourth-order valence-electron chi connectivity index (χ4n) is 1.28. The molecule has 0 spiro atoms. The van der Waals surface area contributed by atoms with Crippen molar-refractivity contribution in [2.75, 3.05) is 11.9 Å². The number of carbonyl (C=O) groups is 2. The average Bonchev–Trinajstić information content (AvgIpc) is 2.35. The third-order valence-electron chi connectivity index (χ3n) is 2.09. The molecule has 0 saturated carbocycles. The number of nitrogens with zero attached hydrogens (tertiary/aromatic N) is 1. The van der Waals surface area contributed by atoms with E-state index < -0.39 is 12.0 Å². The normalized spacial score (nSPS) is 10.3. The lowest BCUT2D eigenvalue weighted by atomic mass is 10.3. The van der Waals surface area contributed by atoms with Gasteiger partial charge in [-0.25, -0.2) is 14.6 Å². The van der Waals surface area contributed by atoms with E-state index >= 15 is 0 Å². The molecule has 0 atom stereocenters. The first-order valence-corrected chi connectivity index (χ1v) is 5.49. The second-order valence-electron chi connectivity index (χ2n) is 3.44. The Morgan fingerprint density at radius 3 is 2.94 bits per heavy atom. The van der Waals surface area contributed by atoms with Crippen LogP contribution in [0.25, 0.3) is 0 Å². The summed E-state index contributed by atoms with van der Waals surface area (Å²) >= 11 is 0. The number of nitrogens with one attached hydrogen (secondary N) is 2. The quantitative estimate of drug-likeness (QED) is 0.548. The Morgan fingerprint density at radius 2 is 2.28 bits per heavy atom. The van der Waals surface area contributed by atoms with Crippen LogP contribution in [-0.4, -0.2) is 28.6 Å². The summed E-state index contributed by atoms with van der Waals surface area (Å²) in [5.41, 5.74) is -0.00497. The molecule has 0 aromatic carbocycles. The van der Waals surface area contributed by atoms with Crippen molar-refractivity contribution in [1.82, 2.24) is 10.3 Å². The molecule has 0 bridgehead atoms. The number of pyridine rings is 1. The molecule has 96 valence electrons. The number of aromatic carboxylic acids is 1. The average molecular weight is 249 g/mol. The van der Waals surface area contributed by atoms with Gasteiger partial charge in [0.05, 0.1) is 5.69 Å². The highest BCUT2D eigenvalue weighted by molar-refractivity contribution is 5.98. The number of allylic oxidation sites excluding steroid dienone is 1. The van der Waals surface area contributed by atoms with Crippen LogP contribution in [0.3, 0.4) is 0 Å². The van der Waals surface area contributed by atoms with Gasteiger partial charge in [0.2, 0.25) is 0 Å². The van der Waals surface area contributed by atoms with Gasteiger partial charge in [-0.15, -0.1) is 0 Å². The Kier molecular flexibility index (Phi) is 5.37. The van der Waals surface area contributed by atoms with E-state index in [2.05, 4.69) is 15.6 Å². The van der Waals surface area contributed by atoms with Crippen molar-refractivity contribution in [2.45, 2.75) is 13.3 Å². The maximum Gasteiger partial charge on any atom is 0.356 e. The number of hydrogen-bond donors (Lipinski definition) is 3. The number of carboxylic acids is 1. The first-order valence-electron chi connectivity index (χ1n) is 5.49. The van der Waals surface area contributed by atoms with Gasteiger partial charge in [0, 0.05) is 12.7 Å². The number of urea groups is 1. The van der Waals surface area contributed by atoms with Crippen molar-refractivity contribution < 1.29 is 14.7 Å². The molecule has 18 heavy (non-hydrogen) atoms. The minimum atomic E-state index is -1.18. The molecule has 0 fully saturated rings. The zero-order chi connectivity index (χ0) is 13.4. The largest absolute Gasteiger partial charge is 0.476 e. The van der Waals surface area contributed by atoms with Gasteiger partial charge in [-0.05, 0) is 25.5 Å². The van der Waals surface area contributed by atoms with Gasteiger partial charge < -0.3 is 15.7 Å². The van der Waals surface area contributed by atoms with Gasteiger partial charge in [-0.2, -0.15) is 0 Å². The van der Waals surface area contributed by atoms with Crippen molar-refractivity contribution in [1.29, 1.82) is 0 Å². The molecule has 0 aliphatic carbocycles. The molecule has 0 aliphatic rings. The van der Waals surface area contributed by atoms with E-state index in [4.69, 9.17) is 5.11 Å². The van der Waals surface area contributed by atoms with E-state index in [9.17, 15) is 9.59 Å². The van der Waals surface area contributed by atoms with Gasteiger partial charge in [0.1, 0.15) is 0 Å². The molecular formula is C12H15N3O3. The predicted molar refractivity (Wildman–Crippen MR) is 67.6 cm³/mol. The number of hydrogen-bond acceptors (Lipinski definition) is 3. The van der Waals surface area contributed by atoms with Crippen molar-refractivity contribution in [2.24, 2.45) is 0 Å². The van der Waals surface area contributed by atoms with Gasteiger partial charge in [-0.3, -0.25) is 0 Å². The Hall–Kier alpha value is -2.37. The highest BCUT2D eigenvalue weighted by Gasteiger charge is 2.12. The molecule has 6 heteroatoms. The first-order chi connectivity index (χ1) is 8.65. The van der Waals surface area contributed by atoms with Crippen LogP contribution in [0.4, 0.5) is 10.5 Å². The maximum absolute atomic E-state index is 11.5. The fourth-order valence-corrected chi connectivity index (χ4v) is 1.28. The molecule has 3 N–H and O–H groups in total. The molecule has 1 aromatic heterocycles. The zero-order valence-electron chi connectivity index (χ0n) is 10.0. The van der Waals surface area contributed by atoms with Crippen molar-refractivity contribution >= 4 is 17.7 Å². The summed E-state index contributed by atoms with van der Waals surface area (Å²) < 4.78 is 0. The predicted octanol–water partition coefficient (Wildman–Crippen LogP) is 1.87. The molecular weight excluding hydrogens is 234 g/mol. The van der Waals surface area contributed by atoms with Crippen molar-refractivity contribution in [3.8, 4) is 0 Å². The Bertz CT molecular complexity index is 458. The topological polar surface area (TPSA) is 91.3 Å². The van der Waals surface area contributed by atoms with Crippen LogP contribution in [0.2, 0.25) is 0 Å². The maximum atomic E-state index is 11.5. The summed E-state index contributed by atoms with van der Waals surface area (Å²) in [5.74, 6) is -1.18. The van der Waals surface area contributed by atoms with E-state index in [1.54, 1.807) is 6.07 Å². The molecule has 0 aliphatic heterocycles. The van der Waals surface area contributed by atoms with E-state index in [1.807, 2.05) is 19.1 Å². The third kappa shape index (κ3) is 4.25. The van der Waals surface area contributed by atoms with Crippen LogP contribution >= 0.6 is 0 Å². The van der Waals surface area contributed by atoms with Crippen molar-refractivity contribution in [3.05, 3.63) is 36.2 Å². The summed E-state index contributed by atoms with van der Waals surface area (Å²) in [6.45, 7) is 2.38. The standard InChI is InChI=1S/C12H15N3O3/c1-2-3-4-7-14-12(18)15-9-6-5-8-13-10(9)11(16)17/h2-3,5-6,8H,4,7H2,1H3,(H,16,17)(H2,14,15,18)/b3-2+.